The Morgan fingerprint density at radius 2 is 1.75 bits per heavy atom. The van der Waals surface area contributed by atoms with Gasteiger partial charge in [0.1, 0.15) is 5.82 Å². The molecule has 0 spiro atoms. The molecule has 5 heterocycles. The minimum Gasteiger partial charge on any atom is -0.381 e. The van der Waals surface area contributed by atoms with E-state index in [2.05, 4.69) is 87.6 Å². The van der Waals surface area contributed by atoms with Crippen LogP contribution in [0.15, 0.2) is 60.6 Å². The third-order valence-electron chi connectivity index (χ3n) is 8.73. The summed E-state index contributed by atoms with van der Waals surface area (Å²) in [7, 11) is 2.20. The van der Waals surface area contributed by atoms with Crippen LogP contribution in [0.3, 0.4) is 0 Å². The first kappa shape index (κ1) is 26.8. The smallest absolute Gasteiger partial charge is 0.128 e. The molecular formula is C33H43N7. The number of nitrogens with zero attached hydrogens (tertiary/aromatic N) is 5. The Kier molecular flexibility index (Phi) is 8.03. The van der Waals surface area contributed by atoms with Gasteiger partial charge in [0.25, 0.3) is 0 Å². The van der Waals surface area contributed by atoms with Crippen LogP contribution >= 0.6 is 0 Å². The number of nitrogens with one attached hydrogen (secondary N) is 2. The molecular weight excluding hydrogens is 494 g/mol. The molecule has 210 valence electrons. The zero-order valence-electron chi connectivity index (χ0n) is 24.3. The summed E-state index contributed by atoms with van der Waals surface area (Å²) < 4.78 is 0. The lowest BCUT2D eigenvalue weighted by molar-refractivity contribution is 0.148. The third kappa shape index (κ3) is 5.86. The number of likely N-dealkylation sites (N-methyl/N-ethyl adjacent to an activating group) is 1. The molecule has 0 bridgehead atoms. The number of hydrogen-bond acceptors (Lipinski definition) is 7. The van der Waals surface area contributed by atoms with Crippen molar-refractivity contribution in [2.45, 2.75) is 45.7 Å². The van der Waals surface area contributed by atoms with Crippen LogP contribution in [-0.4, -0.2) is 78.7 Å². The summed E-state index contributed by atoms with van der Waals surface area (Å²) >= 11 is 0. The first-order valence-corrected chi connectivity index (χ1v) is 15.0. The van der Waals surface area contributed by atoms with Crippen molar-refractivity contribution >= 4 is 22.8 Å². The molecule has 40 heavy (non-hydrogen) atoms. The van der Waals surface area contributed by atoms with E-state index in [1.807, 2.05) is 18.6 Å². The van der Waals surface area contributed by atoms with E-state index in [9.17, 15) is 0 Å². The lowest BCUT2D eigenvalue weighted by Crippen LogP contribution is -2.43. The summed E-state index contributed by atoms with van der Waals surface area (Å²) in [6.45, 7) is 13.1. The summed E-state index contributed by atoms with van der Waals surface area (Å²) in [6, 6.07) is 13.6. The Morgan fingerprint density at radius 3 is 2.50 bits per heavy atom. The number of aromatic nitrogens is 2. The number of hydrogen-bond donors (Lipinski definition) is 2. The molecule has 2 aromatic heterocycles. The summed E-state index contributed by atoms with van der Waals surface area (Å²) in [5, 5.41) is 7.43. The quantitative estimate of drug-likeness (QED) is 0.389. The van der Waals surface area contributed by atoms with E-state index in [4.69, 9.17) is 4.98 Å². The van der Waals surface area contributed by atoms with Crippen LogP contribution in [0, 0.1) is 0 Å². The maximum Gasteiger partial charge on any atom is 0.128 e. The van der Waals surface area contributed by atoms with Gasteiger partial charge in [-0.3, -0.25) is 9.88 Å². The molecule has 2 saturated heterocycles. The zero-order valence-corrected chi connectivity index (χ0v) is 24.3. The van der Waals surface area contributed by atoms with Gasteiger partial charge in [0, 0.05) is 87.6 Å². The number of benzene rings is 1. The van der Waals surface area contributed by atoms with Gasteiger partial charge in [-0.05, 0) is 85.8 Å². The third-order valence-corrected chi connectivity index (χ3v) is 8.73. The van der Waals surface area contributed by atoms with Crippen LogP contribution < -0.4 is 15.5 Å². The van der Waals surface area contributed by atoms with Crippen LogP contribution in [0.1, 0.15) is 44.2 Å². The molecule has 7 heteroatoms. The molecule has 2 N–H and O–H groups in total. The number of pyridine rings is 2. The highest BCUT2D eigenvalue weighted by Gasteiger charge is 2.24. The second-order valence-electron chi connectivity index (χ2n) is 11.6. The highest BCUT2D eigenvalue weighted by Crippen LogP contribution is 2.38. The molecule has 3 aliphatic rings. The molecule has 6 rings (SSSR count). The molecule has 1 aromatic carbocycles. The first-order valence-electron chi connectivity index (χ1n) is 15.0. The fourth-order valence-electron chi connectivity index (χ4n) is 6.37. The Balaban J connectivity index is 1.23. The molecule has 3 aliphatic heterocycles. The number of fused-ring (bicyclic) bond motifs is 1. The highest BCUT2D eigenvalue weighted by atomic mass is 15.2. The average Bonchev–Trinajstić information content (AvgIpc) is 3.53. The van der Waals surface area contributed by atoms with Gasteiger partial charge in [-0.1, -0.05) is 13.0 Å². The first-order chi connectivity index (χ1) is 19.6. The van der Waals surface area contributed by atoms with Gasteiger partial charge in [0.05, 0.1) is 11.9 Å². The van der Waals surface area contributed by atoms with Crippen molar-refractivity contribution in [2.24, 2.45) is 0 Å². The minimum atomic E-state index is 0.159. The summed E-state index contributed by atoms with van der Waals surface area (Å²) in [5.41, 5.74) is 10.1. The van der Waals surface area contributed by atoms with Crippen molar-refractivity contribution in [3.63, 3.8) is 0 Å². The molecule has 0 aliphatic carbocycles. The highest BCUT2D eigenvalue weighted by molar-refractivity contribution is 5.88. The fourth-order valence-corrected chi connectivity index (χ4v) is 6.37. The monoisotopic (exact) mass is 537 g/mol. The van der Waals surface area contributed by atoms with Crippen LogP contribution in [0.25, 0.3) is 16.7 Å². The van der Waals surface area contributed by atoms with E-state index in [0.29, 0.717) is 0 Å². The van der Waals surface area contributed by atoms with E-state index in [1.165, 1.54) is 51.9 Å². The Morgan fingerprint density at radius 1 is 0.925 bits per heavy atom. The van der Waals surface area contributed by atoms with Crippen molar-refractivity contribution in [2.75, 3.05) is 68.4 Å². The lowest BCUT2D eigenvalue weighted by atomic mass is 9.87. The van der Waals surface area contributed by atoms with E-state index in [0.717, 1.165) is 70.3 Å². The zero-order chi connectivity index (χ0) is 27.5. The summed E-state index contributed by atoms with van der Waals surface area (Å²) in [6.07, 6.45) is 9.57. The van der Waals surface area contributed by atoms with E-state index < -0.39 is 0 Å². The molecule has 3 aromatic rings. The van der Waals surface area contributed by atoms with Gasteiger partial charge in [-0.2, -0.15) is 0 Å². The van der Waals surface area contributed by atoms with Crippen molar-refractivity contribution < 1.29 is 0 Å². The second kappa shape index (κ2) is 12.0. The van der Waals surface area contributed by atoms with Crippen LogP contribution in [0.2, 0.25) is 0 Å². The van der Waals surface area contributed by atoms with Gasteiger partial charge >= 0.3 is 0 Å². The molecule has 2 fully saturated rings. The molecule has 0 amide bonds. The molecule has 1 unspecified atom stereocenters. The maximum absolute atomic E-state index is 4.77. The Bertz CT molecular complexity index is 1340. The van der Waals surface area contributed by atoms with E-state index in [1.54, 1.807) is 0 Å². The predicted molar refractivity (Wildman–Crippen MR) is 167 cm³/mol. The average molecular weight is 538 g/mol. The molecule has 0 saturated carbocycles. The fraction of sp³-hybridized carbons (Fsp3) is 0.455. The number of piperazine rings is 1. The largest absolute Gasteiger partial charge is 0.381 e. The van der Waals surface area contributed by atoms with Crippen LogP contribution in [0.4, 0.5) is 17.2 Å². The molecule has 1 atom stereocenters. The van der Waals surface area contributed by atoms with E-state index in [-0.39, 0.29) is 6.04 Å². The van der Waals surface area contributed by atoms with Crippen LogP contribution in [0.5, 0.6) is 0 Å². The van der Waals surface area contributed by atoms with Crippen molar-refractivity contribution in [1.82, 2.24) is 19.8 Å². The number of rotatable bonds is 8. The minimum absolute atomic E-state index is 0.159. The Labute approximate surface area is 239 Å². The van der Waals surface area contributed by atoms with Gasteiger partial charge in [-0.25, -0.2) is 4.98 Å². The Hall–Kier alpha value is -3.42. The summed E-state index contributed by atoms with van der Waals surface area (Å²) in [4.78, 5) is 16.7. The van der Waals surface area contributed by atoms with Crippen molar-refractivity contribution in [3.8, 4) is 11.1 Å². The maximum atomic E-state index is 4.77. The van der Waals surface area contributed by atoms with Gasteiger partial charge in [-0.15, -0.1) is 0 Å². The van der Waals surface area contributed by atoms with Gasteiger partial charge in [0.2, 0.25) is 0 Å². The standard InChI is InChI=1S/C33H43N7/c1-4-26-21-35-31-9-7-27(28-17-25(19-34-20-28)23-39-15-13-38(3)14-16-39)18-30(31)33(26)24(2)37-29-8-10-32(36-22-29)40-11-5-6-12-40/h7-10,17-20,22,24,35,37H,4-6,11-16,21,23H2,1-3H3. The summed E-state index contributed by atoms with van der Waals surface area (Å²) in [5.74, 6) is 1.09. The second-order valence-corrected chi connectivity index (χ2v) is 11.6. The van der Waals surface area contributed by atoms with E-state index >= 15 is 0 Å². The molecule has 0 radical (unpaired) electrons. The molecule has 7 nitrogen and oxygen atoms in total. The lowest BCUT2D eigenvalue weighted by Gasteiger charge is -2.32. The topological polar surface area (TPSA) is 59.6 Å². The van der Waals surface area contributed by atoms with Crippen molar-refractivity contribution in [1.29, 1.82) is 0 Å². The van der Waals surface area contributed by atoms with Gasteiger partial charge < -0.3 is 20.4 Å². The van der Waals surface area contributed by atoms with Gasteiger partial charge in [0.15, 0.2) is 0 Å². The van der Waals surface area contributed by atoms with Crippen LogP contribution in [-0.2, 0) is 6.54 Å². The normalized spacial score (nSPS) is 18.9. The predicted octanol–water partition coefficient (Wildman–Crippen LogP) is 5.58. The SMILES string of the molecule is CCC1=C(C(C)Nc2ccc(N3CCCC3)nc2)c2cc(-c3cncc(CN4CCN(C)CC4)c3)ccc2NC1. The van der Waals surface area contributed by atoms with Crippen molar-refractivity contribution in [3.05, 3.63) is 71.7 Å². The number of anilines is 3.